The molecule has 2 aromatic rings. The molecule has 0 saturated carbocycles. The summed E-state index contributed by atoms with van der Waals surface area (Å²) in [6, 6.07) is 8.01. The zero-order valence-electron chi connectivity index (χ0n) is 14.2. The maximum Gasteiger partial charge on any atom is 0.273 e. The van der Waals surface area contributed by atoms with Crippen LogP contribution in [0.3, 0.4) is 0 Å². The highest BCUT2D eigenvalue weighted by molar-refractivity contribution is 7.13. The van der Waals surface area contributed by atoms with Crippen molar-refractivity contribution in [2.24, 2.45) is 0 Å². The Hall–Kier alpha value is -1.34. The summed E-state index contributed by atoms with van der Waals surface area (Å²) in [6.45, 7) is 1.65. The second-order valence-electron chi connectivity index (χ2n) is 5.62. The van der Waals surface area contributed by atoms with Crippen molar-refractivity contribution < 1.29 is 9.53 Å². The summed E-state index contributed by atoms with van der Waals surface area (Å²) in [5.41, 5.74) is 1.55. The van der Waals surface area contributed by atoms with Crippen LogP contribution >= 0.6 is 36.2 Å². The van der Waals surface area contributed by atoms with Crippen LogP contribution in [0.25, 0.3) is 10.6 Å². The van der Waals surface area contributed by atoms with Gasteiger partial charge in [-0.05, 0) is 44.2 Å². The minimum atomic E-state index is 0. The number of rotatable bonds is 5. The average Bonchev–Trinajstić information content (AvgIpc) is 3.24. The standard InChI is InChI=1S/C17H21N3O2S.2ClH/c1-18-10-13-4-3-9-20(13)17(21)15-11-23-16(19-15)12-5-7-14(22-2)8-6-12;;/h5-8,11,13,18H,3-4,9-10H2,1-2H3;2*1H. The van der Waals surface area contributed by atoms with E-state index in [9.17, 15) is 4.79 Å². The molecule has 138 valence electrons. The highest BCUT2D eigenvalue weighted by Crippen LogP contribution is 2.27. The van der Waals surface area contributed by atoms with Crippen molar-refractivity contribution in [2.45, 2.75) is 18.9 Å². The summed E-state index contributed by atoms with van der Waals surface area (Å²) >= 11 is 1.50. The number of amides is 1. The van der Waals surface area contributed by atoms with Crippen molar-refractivity contribution in [3.05, 3.63) is 35.3 Å². The predicted molar refractivity (Wildman–Crippen MR) is 107 cm³/mol. The number of thiazole rings is 1. The number of benzene rings is 1. The minimum absolute atomic E-state index is 0. The van der Waals surface area contributed by atoms with Crippen LogP contribution < -0.4 is 10.1 Å². The van der Waals surface area contributed by atoms with Crippen LogP contribution in [0.1, 0.15) is 23.3 Å². The Morgan fingerprint density at radius 2 is 2.08 bits per heavy atom. The molecule has 1 fully saturated rings. The number of carbonyl (C=O) groups excluding carboxylic acids is 1. The number of likely N-dealkylation sites (N-methyl/N-ethyl adjacent to an activating group) is 1. The predicted octanol–water partition coefficient (Wildman–Crippen LogP) is 3.49. The number of ether oxygens (including phenoxy) is 1. The van der Waals surface area contributed by atoms with Gasteiger partial charge in [0.2, 0.25) is 0 Å². The van der Waals surface area contributed by atoms with Crippen LogP contribution in [0.15, 0.2) is 29.6 Å². The van der Waals surface area contributed by atoms with Gasteiger partial charge < -0.3 is 15.0 Å². The number of nitrogens with one attached hydrogen (secondary N) is 1. The van der Waals surface area contributed by atoms with Gasteiger partial charge in [-0.25, -0.2) is 4.98 Å². The molecule has 1 unspecified atom stereocenters. The van der Waals surface area contributed by atoms with E-state index in [-0.39, 0.29) is 36.8 Å². The number of halogens is 2. The van der Waals surface area contributed by atoms with E-state index in [0.29, 0.717) is 5.69 Å². The molecule has 1 atom stereocenters. The Labute approximate surface area is 164 Å². The van der Waals surface area contributed by atoms with Crippen molar-refractivity contribution in [1.29, 1.82) is 0 Å². The summed E-state index contributed by atoms with van der Waals surface area (Å²) in [7, 11) is 3.57. The van der Waals surface area contributed by atoms with Crippen LogP contribution in [0.5, 0.6) is 5.75 Å². The van der Waals surface area contributed by atoms with E-state index >= 15 is 0 Å². The second kappa shape index (κ2) is 9.97. The molecule has 3 rings (SSSR count). The zero-order chi connectivity index (χ0) is 16.2. The second-order valence-corrected chi connectivity index (χ2v) is 6.48. The van der Waals surface area contributed by atoms with Gasteiger partial charge in [0, 0.05) is 30.1 Å². The SMILES string of the molecule is CNCC1CCCN1C(=O)c1csc(-c2ccc(OC)cc2)n1.Cl.Cl. The first-order chi connectivity index (χ1) is 11.2. The number of likely N-dealkylation sites (tertiary alicyclic amines) is 1. The molecule has 25 heavy (non-hydrogen) atoms. The lowest BCUT2D eigenvalue weighted by Gasteiger charge is -2.23. The lowest BCUT2D eigenvalue weighted by Crippen LogP contribution is -2.40. The lowest BCUT2D eigenvalue weighted by atomic mass is 10.2. The van der Waals surface area contributed by atoms with E-state index in [1.807, 2.05) is 41.6 Å². The van der Waals surface area contributed by atoms with Crippen molar-refractivity contribution in [3.63, 3.8) is 0 Å². The third kappa shape index (κ3) is 4.85. The molecule has 1 aromatic heterocycles. The summed E-state index contributed by atoms with van der Waals surface area (Å²) in [6.07, 6.45) is 2.12. The van der Waals surface area contributed by atoms with Crippen LogP contribution in [0.4, 0.5) is 0 Å². The number of aromatic nitrogens is 1. The molecule has 0 aliphatic carbocycles. The Kier molecular flexibility index (Phi) is 8.65. The van der Waals surface area contributed by atoms with E-state index in [4.69, 9.17) is 4.74 Å². The highest BCUT2D eigenvalue weighted by Gasteiger charge is 2.30. The molecule has 1 saturated heterocycles. The topological polar surface area (TPSA) is 54.5 Å². The Balaban J connectivity index is 0.00000156. The third-order valence-electron chi connectivity index (χ3n) is 4.14. The molecule has 2 heterocycles. The van der Waals surface area contributed by atoms with Gasteiger partial charge >= 0.3 is 0 Å². The number of nitrogens with zero attached hydrogens (tertiary/aromatic N) is 2. The smallest absolute Gasteiger partial charge is 0.273 e. The molecule has 1 amide bonds. The Morgan fingerprint density at radius 1 is 1.36 bits per heavy atom. The number of methoxy groups -OCH3 is 1. The fourth-order valence-corrected chi connectivity index (χ4v) is 3.74. The molecule has 1 aliphatic rings. The van der Waals surface area contributed by atoms with E-state index in [2.05, 4.69) is 10.3 Å². The van der Waals surface area contributed by atoms with Gasteiger partial charge in [0.15, 0.2) is 0 Å². The van der Waals surface area contributed by atoms with Crippen molar-refractivity contribution in [3.8, 4) is 16.3 Å². The van der Waals surface area contributed by atoms with Crippen LogP contribution in [-0.4, -0.2) is 49.1 Å². The van der Waals surface area contributed by atoms with Crippen molar-refractivity contribution in [2.75, 3.05) is 27.2 Å². The molecule has 8 heteroatoms. The average molecular weight is 404 g/mol. The first-order valence-electron chi connectivity index (χ1n) is 7.78. The molecule has 1 aromatic carbocycles. The third-order valence-corrected chi connectivity index (χ3v) is 5.03. The molecule has 5 nitrogen and oxygen atoms in total. The molecule has 0 bridgehead atoms. The quantitative estimate of drug-likeness (QED) is 0.829. The van der Waals surface area contributed by atoms with Gasteiger partial charge in [0.25, 0.3) is 5.91 Å². The molecular formula is C17H23Cl2N3O2S. The minimum Gasteiger partial charge on any atom is -0.497 e. The number of hydrogen-bond acceptors (Lipinski definition) is 5. The van der Waals surface area contributed by atoms with Gasteiger partial charge in [0.05, 0.1) is 7.11 Å². The van der Waals surface area contributed by atoms with Gasteiger partial charge in [-0.15, -0.1) is 36.2 Å². The molecule has 1 N–H and O–H groups in total. The molecule has 1 aliphatic heterocycles. The molecular weight excluding hydrogens is 381 g/mol. The molecule has 0 spiro atoms. The van der Waals surface area contributed by atoms with Gasteiger partial charge in [0.1, 0.15) is 16.5 Å². The van der Waals surface area contributed by atoms with Crippen molar-refractivity contribution in [1.82, 2.24) is 15.2 Å². The number of hydrogen-bond donors (Lipinski definition) is 1. The maximum absolute atomic E-state index is 12.7. The first kappa shape index (κ1) is 21.7. The maximum atomic E-state index is 12.7. The number of carbonyl (C=O) groups is 1. The van der Waals surface area contributed by atoms with Crippen LogP contribution in [0.2, 0.25) is 0 Å². The molecule has 0 radical (unpaired) electrons. The fourth-order valence-electron chi connectivity index (χ4n) is 2.94. The van der Waals surface area contributed by atoms with E-state index in [1.165, 1.54) is 11.3 Å². The van der Waals surface area contributed by atoms with Gasteiger partial charge in [-0.2, -0.15) is 0 Å². The van der Waals surface area contributed by atoms with E-state index in [0.717, 1.165) is 42.3 Å². The highest BCUT2D eigenvalue weighted by atomic mass is 35.5. The lowest BCUT2D eigenvalue weighted by molar-refractivity contribution is 0.0732. The van der Waals surface area contributed by atoms with Gasteiger partial charge in [-0.3, -0.25) is 4.79 Å². The zero-order valence-corrected chi connectivity index (χ0v) is 16.7. The Morgan fingerprint density at radius 3 is 2.72 bits per heavy atom. The van der Waals surface area contributed by atoms with E-state index in [1.54, 1.807) is 7.11 Å². The summed E-state index contributed by atoms with van der Waals surface area (Å²) in [4.78, 5) is 19.2. The fraction of sp³-hybridized carbons (Fsp3) is 0.412. The van der Waals surface area contributed by atoms with Crippen LogP contribution in [-0.2, 0) is 0 Å². The van der Waals surface area contributed by atoms with Crippen LogP contribution in [0, 0.1) is 0 Å². The summed E-state index contributed by atoms with van der Waals surface area (Å²) < 4.78 is 5.17. The summed E-state index contributed by atoms with van der Waals surface area (Å²) in [5.74, 6) is 0.854. The van der Waals surface area contributed by atoms with E-state index < -0.39 is 0 Å². The normalized spacial score (nSPS) is 16.1. The Bertz CT molecular complexity index is 679. The van der Waals surface area contributed by atoms with Crippen molar-refractivity contribution >= 4 is 42.1 Å². The monoisotopic (exact) mass is 403 g/mol. The largest absolute Gasteiger partial charge is 0.497 e. The van der Waals surface area contributed by atoms with Gasteiger partial charge in [-0.1, -0.05) is 0 Å². The summed E-state index contributed by atoms with van der Waals surface area (Å²) in [5, 5.41) is 5.88. The first-order valence-corrected chi connectivity index (χ1v) is 8.66.